The Bertz CT molecular complexity index is 1530. The van der Waals surface area contributed by atoms with Gasteiger partial charge < -0.3 is 15.5 Å². The molecule has 42 heavy (non-hydrogen) atoms. The number of aryl methyl sites for hydroxylation is 1. The molecule has 1 atom stereocenters. The van der Waals surface area contributed by atoms with E-state index >= 15 is 0 Å². The van der Waals surface area contributed by atoms with Crippen molar-refractivity contribution in [2.24, 2.45) is 0 Å². The van der Waals surface area contributed by atoms with Crippen LogP contribution < -0.4 is 5.32 Å². The number of aliphatic carboxylic acids is 2. The highest BCUT2D eigenvalue weighted by molar-refractivity contribution is 5.94. The molecule has 0 bridgehead atoms. The lowest BCUT2D eigenvalue weighted by Crippen LogP contribution is -2.32. The standard InChI is InChI=1S/C23H20N4O.2C2HF3O2/c28-23(25-19-9-5-7-16-6-1-2-8-18(16)19)22-26-21(17-11-13-24-14-12-17)20-10-3-4-15-27(20)22;2*3-2(4,5)1(6)7/h1-4,6,8,10-15,19H,5,7,9H2,(H,25,28);2*(H,6,7). The summed E-state index contributed by atoms with van der Waals surface area (Å²) in [5.74, 6) is -5.26. The molecule has 1 aliphatic rings. The van der Waals surface area contributed by atoms with Crippen molar-refractivity contribution in [3.63, 3.8) is 0 Å². The average molecular weight is 596 g/mol. The molecule has 0 saturated carbocycles. The van der Waals surface area contributed by atoms with Crippen LogP contribution in [0.1, 0.15) is 40.6 Å². The van der Waals surface area contributed by atoms with E-state index in [4.69, 9.17) is 24.8 Å². The Kier molecular flexibility index (Phi) is 9.88. The fraction of sp³-hybridized carbons (Fsp3) is 0.222. The number of benzene rings is 1. The molecule has 1 aliphatic carbocycles. The number of rotatable bonds is 3. The third-order valence-electron chi connectivity index (χ3n) is 5.86. The summed E-state index contributed by atoms with van der Waals surface area (Å²) in [6.45, 7) is 0. The number of nitrogens with zero attached hydrogens (tertiary/aromatic N) is 3. The monoisotopic (exact) mass is 596 g/mol. The highest BCUT2D eigenvalue weighted by Gasteiger charge is 2.38. The van der Waals surface area contributed by atoms with Gasteiger partial charge in [0.05, 0.1) is 17.3 Å². The molecule has 9 nitrogen and oxygen atoms in total. The number of carbonyl (C=O) groups is 3. The van der Waals surface area contributed by atoms with Gasteiger partial charge in [-0.05, 0) is 54.7 Å². The van der Waals surface area contributed by atoms with Gasteiger partial charge in [0.1, 0.15) is 0 Å². The van der Waals surface area contributed by atoms with Crippen molar-refractivity contribution in [2.75, 3.05) is 0 Å². The lowest BCUT2D eigenvalue weighted by Gasteiger charge is -2.26. The van der Waals surface area contributed by atoms with E-state index in [0.717, 1.165) is 36.0 Å². The molecule has 0 saturated heterocycles. The van der Waals surface area contributed by atoms with Crippen molar-refractivity contribution in [2.45, 2.75) is 37.7 Å². The number of fused-ring (bicyclic) bond motifs is 2. The molecular weight excluding hydrogens is 574 g/mol. The van der Waals surface area contributed by atoms with Crippen molar-refractivity contribution in [1.29, 1.82) is 0 Å². The van der Waals surface area contributed by atoms with Crippen LogP contribution in [0.2, 0.25) is 0 Å². The van der Waals surface area contributed by atoms with E-state index in [2.05, 4.69) is 28.5 Å². The zero-order valence-electron chi connectivity index (χ0n) is 21.4. The predicted octanol–water partition coefficient (Wildman–Crippen LogP) is 5.47. The number of hydrogen-bond donors (Lipinski definition) is 3. The molecular formula is C27H22F6N4O5. The zero-order valence-corrected chi connectivity index (χ0v) is 21.4. The van der Waals surface area contributed by atoms with Crippen molar-refractivity contribution < 1.29 is 50.9 Å². The molecule has 1 aromatic carbocycles. The van der Waals surface area contributed by atoms with E-state index in [-0.39, 0.29) is 11.9 Å². The summed E-state index contributed by atoms with van der Waals surface area (Å²) in [6, 6.07) is 18.1. The van der Waals surface area contributed by atoms with Gasteiger partial charge in [0.2, 0.25) is 5.82 Å². The van der Waals surface area contributed by atoms with Crippen LogP contribution in [0, 0.1) is 0 Å². The predicted molar refractivity (Wildman–Crippen MR) is 135 cm³/mol. The number of carbonyl (C=O) groups excluding carboxylic acids is 1. The van der Waals surface area contributed by atoms with Crippen LogP contribution >= 0.6 is 0 Å². The Morgan fingerprint density at radius 3 is 2.02 bits per heavy atom. The molecule has 3 N–H and O–H groups in total. The van der Waals surface area contributed by atoms with Gasteiger partial charge in [-0.1, -0.05) is 30.3 Å². The van der Waals surface area contributed by atoms with Gasteiger partial charge >= 0.3 is 24.3 Å². The van der Waals surface area contributed by atoms with E-state index in [9.17, 15) is 31.1 Å². The van der Waals surface area contributed by atoms with E-state index in [0.29, 0.717) is 5.82 Å². The maximum atomic E-state index is 13.2. The Hall–Kier alpha value is -4.95. The van der Waals surface area contributed by atoms with Gasteiger partial charge in [-0.15, -0.1) is 0 Å². The van der Waals surface area contributed by atoms with E-state index < -0.39 is 24.3 Å². The van der Waals surface area contributed by atoms with Crippen LogP contribution in [0.15, 0.2) is 73.2 Å². The molecule has 5 rings (SSSR count). The average Bonchev–Trinajstić information content (AvgIpc) is 3.33. The number of alkyl halides is 6. The Labute approximate surface area is 233 Å². The summed E-state index contributed by atoms with van der Waals surface area (Å²) < 4.78 is 65.3. The molecule has 1 unspecified atom stereocenters. The van der Waals surface area contributed by atoms with Crippen LogP contribution in [0.4, 0.5) is 26.3 Å². The number of amides is 1. The first kappa shape index (κ1) is 31.6. The Morgan fingerprint density at radius 2 is 1.43 bits per heavy atom. The zero-order chi connectivity index (χ0) is 31.1. The molecule has 15 heteroatoms. The number of halogens is 6. The number of carboxylic acids is 2. The first-order valence-electron chi connectivity index (χ1n) is 12.1. The molecule has 0 spiro atoms. The van der Waals surface area contributed by atoms with Crippen LogP contribution in [0.5, 0.6) is 0 Å². The molecule has 0 aliphatic heterocycles. The second-order valence-corrected chi connectivity index (χ2v) is 8.70. The van der Waals surface area contributed by atoms with Gasteiger partial charge in [0.25, 0.3) is 5.91 Å². The maximum Gasteiger partial charge on any atom is 0.490 e. The fourth-order valence-electron chi connectivity index (χ4n) is 4.05. The first-order valence-corrected chi connectivity index (χ1v) is 12.1. The molecule has 0 fully saturated rings. The molecule has 1 amide bonds. The van der Waals surface area contributed by atoms with E-state index in [1.54, 1.807) is 12.4 Å². The van der Waals surface area contributed by atoms with Crippen molar-refractivity contribution in [3.8, 4) is 11.3 Å². The normalized spacial score (nSPS) is 14.4. The summed E-state index contributed by atoms with van der Waals surface area (Å²) in [5, 5.41) is 17.5. The van der Waals surface area contributed by atoms with E-state index in [1.165, 1.54) is 11.1 Å². The highest BCUT2D eigenvalue weighted by atomic mass is 19.4. The number of pyridine rings is 2. The Morgan fingerprint density at radius 1 is 0.857 bits per heavy atom. The third-order valence-corrected chi connectivity index (χ3v) is 5.86. The van der Waals surface area contributed by atoms with Crippen molar-refractivity contribution >= 4 is 23.4 Å². The van der Waals surface area contributed by atoms with Crippen LogP contribution in [-0.4, -0.2) is 54.8 Å². The molecule has 4 aromatic rings. The fourth-order valence-corrected chi connectivity index (χ4v) is 4.05. The molecule has 0 radical (unpaired) electrons. The van der Waals surface area contributed by atoms with Gasteiger partial charge in [-0.2, -0.15) is 26.3 Å². The summed E-state index contributed by atoms with van der Waals surface area (Å²) >= 11 is 0. The van der Waals surface area contributed by atoms with Crippen LogP contribution in [0.25, 0.3) is 16.8 Å². The minimum Gasteiger partial charge on any atom is -0.475 e. The number of carboxylic acid groups (broad SMARTS) is 2. The smallest absolute Gasteiger partial charge is 0.475 e. The maximum absolute atomic E-state index is 13.2. The van der Waals surface area contributed by atoms with Gasteiger partial charge in [0.15, 0.2) is 0 Å². The number of hydrogen-bond acceptors (Lipinski definition) is 5. The number of imidazole rings is 1. The molecule has 3 heterocycles. The summed E-state index contributed by atoms with van der Waals surface area (Å²) in [5.41, 5.74) is 5.18. The van der Waals surface area contributed by atoms with Crippen molar-refractivity contribution in [3.05, 3.63) is 90.1 Å². The number of nitrogens with one attached hydrogen (secondary N) is 1. The highest BCUT2D eigenvalue weighted by Crippen LogP contribution is 2.30. The SMILES string of the molecule is O=C(NC1CCCc2ccccc21)c1nc(-c2ccncc2)c2ccccn12.O=C(O)C(F)(F)F.O=C(O)C(F)(F)F. The topological polar surface area (TPSA) is 134 Å². The molecule has 222 valence electrons. The Balaban J connectivity index is 0.000000289. The second-order valence-electron chi connectivity index (χ2n) is 8.70. The minimum absolute atomic E-state index is 0.0258. The van der Waals surface area contributed by atoms with Gasteiger partial charge in [-0.3, -0.25) is 14.2 Å². The van der Waals surface area contributed by atoms with Crippen molar-refractivity contribution in [1.82, 2.24) is 19.7 Å². The number of aromatic nitrogens is 3. The van der Waals surface area contributed by atoms with Gasteiger partial charge in [-0.25, -0.2) is 14.6 Å². The second kappa shape index (κ2) is 13.1. The lowest BCUT2D eigenvalue weighted by atomic mass is 9.88. The quantitative estimate of drug-likeness (QED) is 0.267. The van der Waals surface area contributed by atoms with Gasteiger partial charge in [0, 0.05) is 24.2 Å². The summed E-state index contributed by atoms with van der Waals surface area (Å²) in [7, 11) is 0. The molecule has 3 aromatic heterocycles. The lowest BCUT2D eigenvalue weighted by molar-refractivity contribution is -0.193. The van der Waals surface area contributed by atoms with Crippen LogP contribution in [0.3, 0.4) is 0 Å². The van der Waals surface area contributed by atoms with Crippen LogP contribution in [-0.2, 0) is 16.0 Å². The third kappa shape index (κ3) is 8.05. The first-order chi connectivity index (χ1) is 19.7. The van der Waals surface area contributed by atoms with E-state index in [1.807, 2.05) is 47.0 Å². The largest absolute Gasteiger partial charge is 0.490 e. The minimum atomic E-state index is -5.08. The summed E-state index contributed by atoms with van der Waals surface area (Å²) in [6.07, 6.45) is -1.71. The summed E-state index contributed by atoms with van der Waals surface area (Å²) in [4.78, 5) is 39.7.